The van der Waals surface area contributed by atoms with Crippen molar-refractivity contribution in [2.24, 2.45) is 5.41 Å². The Labute approximate surface area is 197 Å². The highest BCUT2D eigenvalue weighted by molar-refractivity contribution is 7.96. The van der Waals surface area contributed by atoms with Crippen LogP contribution in [-0.4, -0.2) is 71.5 Å². The maximum atomic E-state index is 10.9. The molecule has 0 radical (unpaired) electrons. The SMILES string of the molecule is CC(C)(C)CO.CSN1CCC(Oc2ccc3c(c2)CCC2(CCN(C=O)CC2)O3)CC1. The van der Waals surface area contributed by atoms with Gasteiger partial charge in [-0.15, -0.1) is 0 Å². The molecule has 4 rings (SSSR count). The van der Waals surface area contributed by atoms with Crippen molar-refractivity contribution in [3.8, 4) is 11.5 Å². The van der Waals surface area contributed by atoms with Gasteiger partial charge in [0.2, 0.25) is 6.41 Å². The minimum atomic E-state index is -0.0838. The molecule has 3 aliphatic rings. The van der Waals surface area contributed by atoms with Crippen molar-refractivity contribution in [1.29, 1.82) is 0 Å². The molecule has 0 saturated carbocycles. The van der Waals surface area contributed by atoms with Gasteiger partial charge in [-0.05, 0) is 61.1 Å². The first-order valence-electron chi connectivity index (χ1n) is 11.8. The number of benzene rings is 1. The van der Waals surface area contributed by atoms with Gasteiger partial charge < -0.3 is 19.5 Å². The smallest absolute Gasteiger partial charge is 0.209 e. The fourth-order valence-electron chi connectivity index (χ4n) is 4.28. The van der Waals surface area contributed by atoms with Gasteiger partial charge in [-0.1, -0.05) is 32.7 Å². The van der Waals surface area contributed by atoms with Crippen LogP contribution in [0.3, 0.4) is 0 Å². The van der Waals surface area contributed by atoms with Crippen LogP contribution in [0.1, 0.15) is 58.4 Å². The Bertz CT molecular complexity index is 736. The van der Waals surface area contributed by atoms with Crippen LogP contribution >= 0.6 is 11.9 Å². The van der Waals surface area contributed by atoms with E-state index in [2.05, 4.69) is 28.8 Å². The standard InChI is InChI=1S/C20H28N2O3S.C5H12O/c1-26-22-10-5-17(6-11-22)24-18-2-3-19-16(14-18)4-7-20(25-19)8-12-21(15-23)13-9-20;1-5(2,3)4-6/h2-3,14-15,17H,4-13H2,1H3;6H,4H2,1-3H3. The zero-order valence-electron chi connectivity index (χ0n) is 20.1. The molecule has 3 aliphatic heterocycles. The van der Waals surface area contributed by atoms with Crippen LogP contribution < -0.4 is 9.47 Å². The Morgan fingerprint density at radius 2 is 1.84 bits per heavy atom. The van der Waals surface area contributed by atoms with Gasteiger partial charge in [0, 0.05) is 45.6 Å². The van der Waals surface area contributed by atoms with E-state index in [9.17, 15) is 4.79 Å². The molecule has 0 aromatic heterocycles. The van der Waals surface area contributed by atoms with Crippen molar-refractivity contribution in [3.63, 3.8) is 0 Å². The molecule has 0 unspecified atom stereocenters. The van der Waals surface area contributed by atoms with Gasteiger partial charge in [0.05, 0.1) is 0 Å². The molecule has 3 heterocycles. The number of amides is 1. The molecule has 6 nitrogen and oxygen atoms in total. The Morgan fingerprint density at radius 1 is 1.19 bits per heavy atom. The molecule has 0 aliphatic carbocycles. The highest BCUT2D eigenvalue weighted by Crippen LogP contribution is 2.40. The zero-order chi connectivity index (χ0) is 23.2. The van der Waals surface area contributed by atoms with Gasteiger partial charge in [0.15, 0.2) is 0 Å². The Kier molecular flexibility index (Phi) is 8.75. The number of carbonyl (C=O) groups excluding carboxylic acids is 1. The highest BCUT2D eigenvalue weighted by atomic mass is 32.2. The van der Waals surface area contributed by atoms with Crippen molar-refractivity contribution in [2.45, 2.75) is 71.0 Å². The third-order valence-electron chi connectivity index (χ3n) is 6.50. The number of ether oxygens (including phenoxy) is 2. The predicted octanol–water partition coefficient (Wildman–Crippen LogP) is 4.15. The van der Waals surface area contributed by atoms with Gasteiger partial charge in [-0.25, -0.2) is 0 Å². The summed E-state index contributed by atoms with van der Waals surface area (Å²) >= 11 is 1.82. The number of hydrogen-bond donors (Lipinski definition) is 1. The van der Waals surface area contributed by atoms with Crippen molar-refractivity contribution in [3.05, 3.63) is 23.8 Å². The molecule has 1 spiro atoms. The lowest BCUT2D eigenvalue weighted by atomic mass is 9.83. The molecule has 2 saturated heterocycles. The number of aryl methyl sites for hydroxylation is 1. The number of carbonyl (C=O) groups is 1. The van der Waals surface area contributed by atoms with E-state index in [-0.39, 0.29) is 17.6 Å². The lowest BCUT2D eigenvalue weighted by Crippen LogP contribution is -2.49. The lowest BCUT2D eigenvalue weighted by molar-refractivity contribution is -0.121. The molecule has 1 amide bonds. The van der Waals surface area contributed by atoms with E-state index < -0.39 is 0 Å². The summed E-state index contributed by atoms with van der Waals surface area (Å²) in [4.78, 5) is 12.8. The van der Waals surface area contributed by atoms with E-state index in [0.29, 0.717) is 6.10 Å². The summed E-state index contributed by atoms with van der Waals surface area (Å²) in [6, 6.07) is 6.30. The van der Waals surface area contributed by atoms with Crippen molar-refractivity contribution < 1.29 is 19.4 Å². The van der Waals surface area contributed by atoms with Crippen LogP contribution in [0.5, 0.6) is 11.5 Å². The summed E-state index contributed by atoms with van der Waals surface area (Å²) in [5.74, 6) is 1.97. The van der Waals surface area contributed by atoms with Crippen molar-refractivity contribution >= 4 is 18.4 Å². The first kappa shape index (κ1) is 25.2. The van der Waals surface area contributed by atoms with Crippen LogP contribution in [-0.2, 0) is 11.2 Å². The number of piperidine rings is 2. The first-order chi connectivity index (χ1) is 15.3. The van der Waals surface area contributed by atoms with Crippen LogP contribution in [0.2, 0.25) is 0 Å². The Balaban J connectivity index is 0.000000427. The Morgan fingerprint density at radius 3 is 2.41 bits per heavy atom. The van der Waals surface area contributed by atoms with E-state index in [4.69, 9.17) is 14.6 Å². The molecular weight excluding hydrogens is 424 g/mol. The van der Waals surface area contributed by atoms with Crippen LogP contribution in [0.15, 0.2) is 18.2 Å². The molecule has 180 valence electrons. The van der Waals surface area contributed by atoms with E-state index in [0.717, 1.165) is 82.6 Å². The first-order valence-corrected chi connectivity index (χ1v) is 13.0. The molecule has 7 heteroatoms. The second-order valence-corrected chi connectivity index (χ2v) is 11.2. The quantitative estimate of drug-likeness (QED) is 0.534. The average molecular weight is 465 g/mol. The van der Waals surface area contributed by atoms with Gasteiger partial charge in [0.25, 0.3) is 0 Å². The summed E-state index contributed by atoms with van der Waals surface area (Å²) < 4.78 is 15.1. The van der Waals surface area contributed by atoms with Crippen molar-refractivity contribution in [1.82, 2.24) is 9.21 Å². The minimum Gasteiger partial charge on any atom is -0.490 e. The summed E-state index contributed by atoms with van der Waals surface area (Å²) in [5, 5.41) is 8.40. The summed E-state index contributed by atoms with van der Waals surface area (Å²) in [6.45, 7) is 10.0. The van der Waals surface area contributed by atoms with Gasteiger partial charge in [-0.3, -0.25) is 9.10 Å². The number of fused-ring (bicyclic) bond motifs is 1. The minimum absolute atomic E-state index is 0.0838. The third-order valence-corrected chi connectivity index (χ3v) is 7.38. The lowest BCUT2D eigenvalue weighted by Gasteiger charge is -2.43. The second kappa shape index (κ2) is 11.1. The van der Waals surface area contributed by atoms with E-state index in [1.165, 1.54) is 5.56 Å². The van der Waals surface area contributed by atoms with Gasteiger partial charge in [0.1, 0.15) is 23.2 Å². The number of likely N-dealkylation sites (tertiary alicyclic amines) is 1. The number of aliphatic hydroxyl groups excluding tert-OH is 1. The number of nitrogens with zero attached hydrogens (tertiary/aromatic N) is 2. The third kappa shape index (κ3) is 7.03. The molecule has 0 bridgehead atoms. The highest BCUT2D eigenvalue weighted by Gasteiger charge is 2.39. The zero-order valence-corrected chi connectivity index (χ0v) is 21.0. The number of aliphatic hydroxyl groups is 1. The Hall–Kier alpha value is -1.44. The van der Waals surface area contributed by atoms with E-state index in [1.807, 2.05) is 37.6 Å². The predicted molar refractivity (Wildman–Crippen MR) is 130 cm³/mol. The molecule has 1 aromatic carbocycles. The monoisotopic (exact) mass is 464 g/mol. The van der Waals surface area contributed by atoms with E-state index in [1.54, 1.807) is 0 Å². The van der Waals surface area contributed by atoms with Crippen LogP contribution in [0, 0.1) is 5.41 Å². The fraction of sp³-hybridized carbons (Fsp3) is 0.720. The summed E-state index contributed by atoms with van der Waals surface area (Å²) in [6.07, 6.45) is 9.50. The van der Waals surface area contributed by atoms with Crippen LogP contribution in [0.4, 0.5) is 0 Å². The van der Waals surface area contributed by atoms with Gasteiger partial charge in [-0.2, -0.15) is 0 Å². The molecule has 2 fully saturated rings. The average Bonchev–Trinajstić information content (AvgIpc) is 2.80. The van der Waals surface area contributed by atoms with Crippen molar-refractivity contribution in [2.75, 3.05) is 39.0 Å². The summed E-state index contributed by atoms with van der Waals surface area (Å²) in [5.41, 5.74) is 1.27. The maximum absolute atomic E-state index is 10.9. The molecule has 1 N–H and O–H groups in total. The second-order valence-electron chi connectivity index (χ2n) is 10.3. The molecule has 1 aromatic rings. The molecule has 0 atom stereocenters. The maximum Gasteiger partial charge on any atom is 0.209 e. The largest absolute Gasteiger partial charge is 0.490 e. The number of hydrogen-bond acceptors (Lipinski definition) is 6. The van der Waals surface area contributed by atoms with Crippen LogP contribution in [0.25, 0.3) is 0 Å². The topological polar surface area (TPSA) is 62.2 Å². The van der Waals surface area contributed by atoms with Gasteiger partial charge >= 0.3 is 0 Å². The molecular formula is C25H40N2O4S. The summed E-state index contributed by atoms with van der Waals surface area (Å²) in [7, 11) is 0. The number of rotatable bonds is 4. The molecule has 32 heavy (non-hydrogen) atoms. The normalized spacial score (nSPS) is 21.2. The fourth-order valence-corrected chi connectivity index (χ4v) is 4.86. The van der Waals surface area contributed by atoms with E-state index >= 15 is 0 Å².